The molecule has 1 N–H and O–H groups in total. The third-order valence-corrected chi connectivity index (χ3v) is 6.21. The minimum absolute atomic E-state index is 0.00671. The second kappa shape index (κ2) is 12.3. The van der Waals surface area contributed by atoms with E-state index in [2.05, 4.69) is 10.3 Å². The third kappa shape index (κ3) is 7.26. The average Bonchev–Trinajstić information content (AvgIpc) is 3.60. The van der Waals surface area contributed by atoms with Crippen LogP contribution in [0.25, 0.3) is 0 Å². The number of methoxy groups -OCH3 is 2. The zero-order valence-corrected chi connectivity index (χ0v) is 21.2. The van der Waals surface area contributed by atoms with Crippen LogP contribution in [0.1, 0.15) is 45.9 Å². The summed E-state index contributed by atoms with van der Waals surface area (Å²) in [6, 6.07) is 10.5. The van der Waals surface area contributed by atoms with Gasteiger partial charge in [0.1, 0.15) is 17.8 Å². The van der Waals surface area contributed by atoms with Crippen LogP contribution in [0.5, 0.6) is 11.5 Å². The Bertz CT molecular complexity index is 1220. The summed E-state index contributed by atoms with van der Waals surface area (Å²) in [6.07, 6.45) is -1.32. The molecule has 1 aromatic heterocycles. The fourth-order valence-corrected chi connectivity index (χ4v) is 4.28. The quantitative estimate of drug-likeness (QED) is 0.378. The number of nitrogens with one attached hydrogen (secondary N) is 1. The summed E-state index contributed by atoms with van der Waals surface area (Å²) in [7, 11) is 3.08. The lowest BCUT2D eigenvalue weighted by Gasteiger charge is -2.23. The number of ether oxygens (including phenoxy) is 3. The zero-order chi connectivity index (χ0) is 27.1. The van der Waals surface area contributed by atoms with E-state index in [1.807, 2.05) is 11.0 Å². The first-order valence-corrected chi connectivity index (χ1v) is 12.2. The van der Waals surface area contributed by atoms with Crippen molar-refractivity contribution >= 4 is 5.91 Å². The summed E-state index contributed by atoms with van der Waals surface area (Å²) in [6.45, 7) is 1.70. The van der Waals surface area contributed by atoms with E-state index in [9.17, 15) is 18.0 Å². The normalized spacial score (nSPS) is 15.6. The minimum Gasteiger partial charge on any atom is -0.497 e. The first-order chi connectivity index (χ1) is 18.2. The molecule has 0 bridgehead atoms. The predicted octanol–water partition coefficient (Wildman–Crippen LogP) is 4.82. The lowest BCUT2D eigenvalue weighted by atomic mass is 10.1. The lowest BCUT2D eigenvalue weighted by molar-refractivity contribution is -0.137. The van der Waals surface area contributed by atoms with E-state index >= 15 is 0 Å². The van der Waals surface area contributed by atoms with Crippen LogP contribution in [0.4, 0.5) is 13.2 Å². The van der Waals surface area contributed by atoms with Gasteiger partial charge in [-0.15, -0.1) is 0 Å². The van der Waals surface area contributed by atoms with E-state index in [1.165, 1.54) is 19.4 Å². The van der Waals surface area contributed by atoms with Crippen LogP contribution in [0, 0.1) is 0 Å². The van der Waals surface area contributed by atoms with Crippen molar-refractivity contribution < 1.29 is 36.6 Å². The first kappa shape index (κ1) is 27.5. The van der Waals surface area contributed by atoms with Gasteiger partial charge >= 0.3 is 6.18 Å². The van der Waals surface area contributed by atoms with Gasteiger partial charge in [-0.3, -0.25) is 9.69 Å². The topological polar surface area (TPSA) is 86.1 Å². The Morgan fingerprint density at radius 2 is 1.97 bits per heavy atom. The molecule has 0 unspecified atom stereocenters. The number of nitrogens with zero attached hydrogens (tertiary/aromatic N) is 2. The molecular formula is C27H30F3N3O5. The number of oxazole rings is 1. The van der Waals surface area contributed by atoms with Gasteiger partial charge in [-0.2, -0.15) is 13.2 Å². The van der Waals surface area contributed by atoms with Crippen LogP contribution in [0.3, 0.4) is 0 Å². The number of benzene rings is 2. The van der Waals surface area contributed by atoms with Gasteiger partial charge < -0.3 is 23.9 Å². The molecule has 0 saturated carbocycles. The molecule has 0 aliphatic carbocycles. The number of amides is 1. The molecular weight excluding hydrogens is 503 g/mol. The van der Waals surface area contributed by atoms with Gasteiger partial charge in [0.15, 0.2) is 5.69 Å². The molecule has 1 aliphatic heterocycles. The number of hydrogen-bond acceptors (Lipinski definition) is 7. The summed E-state index contributed by atoms with van der Waals surface area (Å²) >= 11 is 0. The first-order valence-electron chi connectivity index (χ1n) is 12.2. The van der Waals surface area contributed by atoms with Crippen molar-refractivity contribution in [2.45, 2.75) is 44.8 Å². The number of alkyl halides is 3. The highest BCUT2D eigenvalue weighted by atomic mass is 19.4. The van der Waals surface area contributed by atoms with Crippen molar-refractivity contribution in [1.29, 1.82) is 0 Å². The largest absolute Gasteiger partial charge is 0.497 e. The van der Waals surface area contributed by atoms with Gasteiger partial charge in [-0.05, 0) is 30.5 Å². The number of hydrogen-bond donors (Lipinski definition) is 1. The van der Waals surface area contributed by atoms with Crippen molar-refractivity contribution in [3.05, 3.63) is 77.0 Å². The van der Waals surface area contributed by atoms with Crippen LogP contribution < -0.4 is 14.8 Å². The molecule has 1 fully saturated rings. The van der Waals surface area contributed by atoms with Crippen LogP contribution in [0.15, 0.2) is 53.1 Å². The van der Waals surface area contributed by atoms with Crippen molar-refractivity contribution in [3.63, 3.8) is 0 Å². The molecule has 0 radical (unpaired) electrons. The highest BCUT2D eigenvalue weighted by Crippen LogP contribution is 2.31. The second-order valence-corrected chi connectivity index (χ2v) is 8.99. The Labute approximate surface area is 218 Å². The molecule has 11 heteroatoms. The number of halogens is 3. The Balaban J connectivity index is 1.52. The minimum atomic E-state index is -4.45. The predicted molar refractivity (Wildman–Crippen MR) is 132 cm³/mol. The molecule has 38 heavy (non-hydrogen) atoms. The number of aromatic nitrogens is 1. The van der Waals surface area contributed by atoms with Crippen LogP contribution >= 0.6 is 0 Å². The number of rotatable bonds is 11. The standard InChI is InChI=1S/C27H30F3N3O5/c1-35-21-9-8-19(24(12-21)36-2)15-33(14-18-5-3-6-20(11-18)27(28,29)30)16-25-32-23(17-38-25)26(34)31-13-22-7-4-10-37-22/h3,5-6,8-9,11-12,17,22H,4,7,10,13-16H2,1-2H3,(H,31,34)/t22-/m0/s1. The SMILES string of the molecule is COc1ccc(CN(Cc2cccc(C(F)(F)F)c2)Cc2nc(C(=O)NC[C@@H]3CCCO3)co2)c(OC)c1. The summed E-state index contributed by atoms with van der Waals surface area (Å²) in [5.74, 6) is 1.06. The van der Waals surface area contributed by atoms with Crippen molar-refractivity contribution in [2.24, 2.45) is 0 Å². The van der Waals surface area contributed by atoms with E-state index in [0.29, 0.717) is 36.8 Å². The van der Waals surface area contributed by atoms with E-state index in [0.717, 1.165) is 30.5 Å². The maximum Gasteiger partial charge on any atom is 0.416 e. The maximum absolute atomic E-state index is 13.3. The van der Waals surface area contributed by atoms with E-state index in [-0.39, 0.29) is 36.7 Å². The summed E-state index contributed by atoms with van der Waals surface area (Å²) in [5.41, 5.74) is 0.659. The molecule has 204 valence electrons. The number of carbonyl (C=O) groups excluding carboxylic acids is 1. The van der Waals surface area contributed by atoms with Gasteiger partial charge in [-0.1, -0.05) is 24.3 Å². The Hall–Kier alpha value is -3.57. The fourth-order valence-electron chi connectivity index (χ4n) is 4.28. The summed E-state index contributed by atoms with van der Waals surface area (Å²) < 4.78 is 61.7. The maximum atomic E-state index is 13.3. The molecule has 8 nitrogen and oxygen atoms in total. The Morgan fingerprint density at radius 1 is 1.13 bits per heavy atom. The van der Waals surface area contributed by atoms with Gasteiger partial charge in [0.05, 0.1) is 32.4 Å². The Kier molecular flexibility index (Phi) is 8.90. The highest BCUT2D eigenvalue weighted by molar-refractivity contribution is 5.91. The van der Waals surface area contributed by atoms with E-state index in [1.54, 1.807) is 25.3 Å². The third-order valence-electron chi connectivity index (χ3n) is 6.21. The molecule has 0 spiro atoms. The van der Waals surface area contributed by atoms with Crippen LogP contribution in [-0.4, -0.2) is 49.3 Å². The van der Waals surface area contributed by atoms with E-state index < -0.39 is 11.7 Å². The van der Waals surface area contributed by atoms with Crippen LogP contribution in [-0.2, 0) is 30.5 Å². The summed E-state index contributed by atoms with van der Waals surface area (Å²) in [4.78, 5) is 18.7. The van der Waals surface area contributed by atoms with Crippen molar-refractivity contribution in [2.75, 3.05) is 27.4 Å². The van der Waals surface area contributed by atoms with Gasteiger partial charge in [-0.25, -0.2) is 4.98 Å². The molecule has 1 amide bonds. The molecule has 3 aromatic rings. The van der Waals surface area contributed by atoms with E-state index in [4.69, 9.17) is 18.6 Å². The second-order valence-electron chi connectivity index (χ2n) is 8.99. The Morgan fingerprint density at radius 3 is 2.68 bits per heavy atom. The summed E-state index contributed by atoms with van der Waals surface area (Å²) in [5, 5.41) is 2.80. The van der Waals surface area contributed by atoms with Gasteiger partial charge in [0, 0.05) is 37.9 Å². The highest BCUT2D eigenvalue weighted by Gasteiger charge is 2.30. The van der Waals surface area contributed by atoms with Crippen molar-refractivity contribution in [3.8, 4) is 11.5 Å². The monoisotopic (exact) mass is 533 g/mol. The smallest absolute Gasteiger partial charge is 0.416 e. The fraction of sp³-hybridized carbons (Fsp3) is 0.407. The molecule has 2 heterocycles. The molecule has 2 aromatic carbocycles. The van der Waals surface area contributed by atoms with Gasteiger partial charge in [0.25, 0.3) is 5.91 Å². The zero-order valence-electron chi connectivity index (χ0n) is 21.2. The molecule has 1 saturated heterocycles. The molecule has 1 atom stereocenters. The molecule has 1 aliphatic rings. The number of carbonyl (C=O) groups is 1. The molecule has 4 rings (SSSR count). The van der Waals surface area contributed by atoms with Gasteiger partial charge in [0.2, 0.25) is 5.89 Å². The lowest BCUT2D eigenvalue weighted by Crippen LogP contribution is -2.32. The average molecular weight is 534 g/mol. The van der Waals surface area contributed by atoms with Crippen molar-refractivity contribution in [1.82, 2.24) is 15.2 Å². The van der Waals surface area contributed by atoms with Crippen LogP contribution in [0.2, 0.25) is 0 Å².